The molecule has 0 radical (unpaired) electrons. The minimum absolute atomic E-state index is 0.0674. The predicted octanol–water partition coefficient (Wildman–Crippen LogP) is 3.24. The third kappa shape index (κ3) is 5.82. The van der Waals surface area contributed by atoms with E-state index in [1.165, 1.54) is 0 Å². The highest BCUT2D eigenvalue weighted by Gasteiger charge is 2.78. The minimum atomic E-state index is -6.52. The smallest absolute Gasteiger partial charge is 0.431 e. The van der Waals surface area contributed by atoms with Gasteiger partial charge in [0.25, 0.3) is 5.60 Å². The summed E-state index contributed by atoms with van der Waals surface area (Å²) in [6.07, 6.45) is -14.8. The van der Waals surface area contributed by atoms with Crippen molar-refractivity contribution in [2.45, 2.75) is 55.0 Å². The Hall–Kier alpha value is -1.66. The molecule has 18 heteroatoms. The molecule has 0 fully saturated rings. The van der Waals surface area contributed by atoms with Crippen molar-refractivity contribution < 1.29 is 76.2 Å². The number of alkyl halides is 10. The van der Waals surface area contributed by atoms with E-state index in [1.54, 1.807) is 0 Å². The molecule has 0 unspecified atom stereocenters. The van der Waals surface area contributed by atoms with Crippen LogP contribution in [-0.4, -0.2) is 72.0 Å². The molecule has 7 nitrogen and oxygen atoms in total. The second kappa shape index (κ2) is 8.94. The van der Waals surface area contributed by atoms with Gasteiger partial charge in [0, 0.05) is 6.42 Å². The van der Waals surface area contributed by atoms with Gasteiger partial charge in [0.2, 0.25) is 0 Å². The first-order valence-corrected chi connectivity index (χ1v) is 9.27. The molecule has 190 valence electrons. The van der Waals surface area contributed by atoms with Crippen LogP contribution in [-0.2, 0) is 24.4 Å². The molecule has 0 bridgehead atoms. The Kier molecular flexibility index (Phi) is 8.48. The number of ether oxygens (including phenoxy) is 2. The van der Waals surface area contributed by atoms with Crippen LogP contribution in [0.4, 0.5) is 43.9 Å². The summed E-state index contributed by atoms with van der Waals surface area (Å²) in [5.41, 5.74) is -10.3. The summed E-state index contributed by atoms with van der Waals surface area (Å²) >= 11 is 0. The van der Waals surface area contributed by atoms with E-state index in [-0.39, 0.29) is 13.8 Å². The van der Waals surface area contributed by atoms with Gasteiger partial charge in [0.15, 0.2) is 5.60 Å². The third-order valence-electron chi connectivity index (χ3n) is 3.91. The number of hydrogen-bond donors (Lipinski definition) is 2. The van der Waals surface area contributed by atoms with Crippen molar-refractivity contribution in [3.05, 3.63) is 12.2 Å². The van der Waals surface area contributed by atoms with Crippen LogP contribution in [0.25, 0.3) is 0 Å². The summed E-state index contributed by atoms with van der Waals surface area (Å²) in [4.78, 5) is 11.7. The average molecular weight is 518 g/mol. The number of esters is 1. The summed E-state index contributed by atoms with van der Waals surface area (Å²) in [6.45, 7) is 0.322. The molecule has 0 saturated carbocycles. The van der Waals surface area contributed by atoms with Gasteiger partial charge in [-0.1, -0.05) is 6.58 Å². The Bertz CT molecular complexity index is 801. The minimum Gasteiger partial charge on any atom is -0.452 e. The molecule has 0 aromatic heterocycles. The van der Waals surface area contributed by atoms with Crippen molar-refractivity contribution in [1.82, 2.24) is 0 Å². The monoisotopic (exact) mass is 518 g/mol. The first-order chi connectivity index (χ1) is 13.8. The lowest BCUT2D eigenvalue weighted by Gasteiger charge is -2.43. The van der Waals surface area contributed by atoms with Crippen LogP contribution in [0.5, 0.6) is 0 Å². The second-order valence-corrected chi connectivity index (χ2v) is 8.17. The van der Waals surface area contributed by atoms with Crippen LogP contribution in [0.3, 0.4) is 0 Å². The van der Waals surface area contributed by atoms with Gasteiger partial charge in [-0.3, -0.25) is 4.55 Å². The van der Waals surface area contributed by atoms with E-state index >= 15 is 0 Å². The second-order valence-electron chi connectivity index (χ2n) is 6.71. The normalized spacial score (nSPS) is 14.9. The molecule has 0 aliphatic heterocycles. The number of hydrogen-bond acceptors (Lipinski definition) is 6. The molecule has 0 saturated heterocycles. The lowest BCUT2D eigenvalue weighted by atomic mass is 9.84. The van der Waals surface area contributed by atoms with Crippen molar-refractivity contribution >= 4 is 16.1 Å². The van der Waals surface area contributed by atoms with Crippen LogP contribution in [0.1, 0.15) is 20.3 Å². The maximum absolute atomic E-state index is 13.2. The Morgan fingerprint density at radius 2 is 1.34 bits per heavy atom. The number of rotatable bonds is 10. The van der Waals surface area contributed by atoms with Gasteiger partial charge in [-0.2, -0.15) is 52.3 Å². The Balaban J connectivity index is 5.19. The van der Waals surface area contributed by atoms with E-state index in [9.17, 15) is 62.2 Å². The summed E-state index contributed by atoms with van der Waals surface area (Å²) in [5, 5.41) is 3.36. The summed E-state index contributed by atoms with van der Waals surface area (Å²) in [6, 6.07) is 0. The highest BCUT2D eigenvalue weighted by Crippen LogP contribution is 2.50. The van der Waals surface area contributed by atoms with E-state index in [0.717, 1.165) is 0 Å². The zero-order valence-electron chi connectivity index (χ0n) is 16.0. The molecule has 0 aliphatic carbocycles. The zero-order valence-corrected chi connectivity index (χ0v) is 16.8. The summed E-state index contributed by atoms with van der Waals surface area (Å²) < 4.78 is 167. The lowest BCUT2D eigenvalue weighted by molar-refractivity contribution is -0.407. The molecule has 0 heterocycles. The molecule has 0 aromatic carbocycles. The van der Waals surface area contributed by atoms with Crippen LogP contribution >= 0.6 is 0 Å². The maximum Gasteiger partial charge on any atom is 0.431 e. The van der Waals surface area contributed by atoms with Gasteiger partial charge in [-0.05, 0) is 13.8 Å². The fourth-order valence-corrected chi connectivity index (χ4v) is 2.49. The first kappa shape index (κ1) is 30.3. The van der Waals surface area contributed by atoms with Gasteiger partial charge < -0.3 is 14.6 Å². The third-order valence-corrected chi connectivity index (χ3v) is 4.86. The quantitative estimate of drug-likeness (QED) is 0.150. The summed E-state index contributed by atoms with van der Waals surface area (Å²) in [5.74, 6) is -7.36. The largest absolute Gasteiger partial charge is 0.452 e. The Labute approximate surface area is 173 Å². The SMILES string of the molecule is C=C(COCCC(F)(F)C(F)(F)S(=O)(=O)O)C(=O)OC(C)(C)C(O)(C(F)(F)F)C(F)(F)F. The standard InChI is InChI=1S/C14H16F10O7S/c1-7(6-30-5-4-10(15,16)14(23,24)32(27,28)29)8(25)31-9(2,3)11(26,12(17,18)19)13(20,21)22/h26H,1,4-6H2,2-3H3,(H,27,28,29). The fraction of sp³-hybridized carbons (Fsp3) is 0.786. The molecule has 32 heavy (non-hydrogen) atoms. The molecular formula is C14H16F10O7S. The van der Waals surface area contributed by atoms with Crippen LogP contribution in [0.15, 0.2) is 12.2 Å². The first-order valence-electron chi connectivity index (χ1n) is 7.83. The zero-order chi connectivity index (χ0) is 26.2. The van der Waals surface area contributed by atoms with Gasteiger partial charge in [0.05, 0.1) is 18.8 Å². The van der Waals surface area contributed by atoms with Gasteiger partial charge >= 0.3 is 39.6 Å². The van der Waals surface area contributed by atoms with E-state index < -0.39 is 76.0 Å². The van der Waals surface area contributed by atoms with Crippen LogP contribution in [0.2, 0.25) is 0 Å². The van der Waals surface area contributed by atoms with Gasteiger partial charge in [-0.15, -0.1) is 0 Å². The number of carbonyl (C=O) groups excluding carboxylic acids is 1. The van der Waals surface area contributed by atoms with Crippen molar-refractivity contribution in [3.63, 3.8) is 0 Å². The molecule has 0 rings (SSSR count). The predicted molar refractivity (Wildman–Crippen MR) is 83.2 cm³/mol. The Morgan fingerprint density at radius 3 is 1.69 bits per heavy atom. The van der Waals surface area contributed by atoms with Crippen molar-refractivity contribution in [2.75, 3.05) is 13.2 Å². The molecule has 0 aliphatic rings. The molecule has 0 spiro atoms. The van der Waals surface area contributed by atoms with Crippen molar-refractivity contribution in [2.24, 2.45) is 0 Å². The fourth-order valence-electron chi connectivity index (χ4n) is 2.01. The van der Waals surface area contributed by atoms with Crippen LogP contribution in [0, 0.1) is 0 Å². The topological polar surface area (TPSA) is 110 Å². The number of aliphatic hydroxyl groups is 1. The van der Waals surface area contributed by atoms with Gasteiger partial charge in [0.1, 0.15) is 0 Å². The van der Waals surface area contributed by atoms with Crippen molar-refractivity contribution in [1.29, 1.82) is 0 Å². The van der Waals surface area contributed by atoms with E-state index in [2.05, 4.69) is 16.1 Å². The molecule has 0 atom stereocenters. The molecule has 0 amide bonds. The highest BCUT2D eigenvalue weighted by molar-refractivity contribution is 7.87. The molecular weight excluding hydrogens is 502 g/mol. The van der Waals surface area contributed by atoms with Gasteiger partial charge in [-0.25, -0.2) is 4.79 Å². The molecule has 2 N–H and O–H groups in total. The molecule has 0 aromatic rings. The van der Waals surface area contributed by atoms with Crippen LogP contribution < -0.4 is 0 Å². The maximum atomic E-state index is 13.2. The number of halogens is 10. The van der Waals surface area contributed by atoms with Crippen molar-refractivity contribution in [3.8, 4) is 0 Å². The van der Waals surface area contributed by atoms with E-state index in [1.807, 2.05) is 0 Å². The van der Waals surface area contributed by atoms with E-state index in [0.29, 0.717) is 0 Å². The highest BCUT2D eigenvalue weighted by atomic mass is 32.2. The summed E-state index contributed by atoms with van der Waals surface area (Å²) in [7, 11) is -6.52. The lowest BCUT2D eigenvalue weighted by Crippen LogP contribution is -2.69. The van der Waals surface area contributed by atoms with E-state index in [4.69, 9.17) is 4.55 Å². The Morgan fingerprint density at radius 1 is 0.938 bits per heavy atom. The number of carbonyl (C=O) groups is 1. The average Bonchev–Trinajstić information content (AvgIpc) is 2.53.